The molecule has 0 aromatic heterocycles. The number of carboxylic acid groups (broad SMARTS) is 1. The highest BCUT2D eigenvalue weighted by atomic mass is 16.5. The maximum absolute atomic E-state index is 11.1. The smallest absolute Gasteiger partial charge is 0.341 e. The van der Waals surface area contributed by atoms with E-state index in [0.29, 0.717) is 18.1 Å². The number of carbonyl (C=O) groups is 1. The van der Waals surface area contributed by atoms with Crippen LogP contribution in [0.5, 0.6) is 5.75 Å². The topological polar surface area (TPSA) is 58.6 Å². The van der Waals surface area contributed by atoms with Crippen LogP contribution in [0.4, 0.5) is 11.4 Å². The highest BCUT2D eigenvalue weighted by Crippen LogP contribution is 2.30. The number of benzene rings is 4. The second-order valence-corrected chi connectivity index (χ2v) is 8.74. The SMILES string of the molecule is CC(C)Cc1ccc(Nc2ccc(OCC(=O)O)c(Cc3cccc4ccccc34)c2)cc1. The zero-order valence-electron chi connectivity index (χ0n) is 19.0. The molecule has 0 spiro atoms. The Morgan fingerprint density at radius 3 is 2.36 bits per heavy atom. The molecule has 4 heteroatoms. The lowest BCUT2D eigenvalue weighted by atomic mass is 9.97. The average Bonchev–Trinajstić information content (AvgIpc) is 2.80. The number of carboxylic acids is 1. The van der Waals surface area contributed by atoms with Gasteiger partial charge in [0.15, 0.2) is 6.61 Å². The van der Waals surface area contributed by atoms with Gasteiger partial charge in [0.25, 0.3) is 0 Å². The molecule has 0 fully saturated rings. The van der Waals surface area contributed by atoms with E-state index in [4.69, 9.17) is 9.84 Å². The van der Waals surface area contributed by atoms with Crippen LogP contribution in [0.2, 0.25) is 0 Å². The Labute approximate surface area is 194 Å². The number of hydrogen-bond acceptors (Lipinski definition) is 3. The first-order valence-electron chi connectivity index (χ1n) is 11.3. The molecule has 0 radical (unpaired) electrons. The summed E-state index contributed by atoms with van der Waals surface area (Å²) >= 11 is 0. The lowest BCUT2D eigenvalue weighted by molar-refractivity contribution is -0.139. The van der Waals surface area contributed by atoms with Gasteiger partial charge in [-0.1, -0.05) is 68.4 Å². The van der Waals surface area contributed by atoms with Gasteiger partial charge in [-0.2, -0.15) is 0 Å². The maximum atomic E-state index is 11.1. The Morgan fingerprint density at radius 1 is 0.879 bits per heavy atom. The molecule has 4 aromatic rings. The minimum Gasteiger partial charge on any atom is -0.482 e. The molecule has 0 unspecified atom stereocenters. The van der Waals surface area contributed by atoms with Crippen LogP contribution in [0.3, 0.4) is 0 Å². The molecule has 0 aliphatic rings. The number of fused-ring (bicyclic) bond motifs is 1. The molecule has 4 nitrogen and oxygen atoms in total. The summed E-state index contributed by atoms with van der Waals surface area (Å²) in [4.78, 5) is 11.1. The fourth-order valence-electron chi connectivity index (χ4n) is 4.09. The molecule has 4 aromatic carbocycles. The molecular weight excluding hydrogens is 410 g/mol. The zero-order valence-corrected chi connectivity index (χ0v) is 19.0. The van der Waals surface area contributed by atoms with Gasteiger partial charge in [0.2, 0.25) is 0 Å². The molecule has 0 amide bonds. The first-order chi connectivity index (χ1) is 16.0. The van der Waals surface area contributed by atoms with Crippen molar-refractivity contribution in [3.63, 3.8) is 0 Å². The summed E-state index contributed by atoms with van der Waals surface area (Å²) < 4.78 is 5.61. The van der Waals surface area contributed by atoms with Crippen LogP contribution < -0.4 is 10.1 Å². The Morgan fingerprint density at radius 2 is 1.61 bits per heavy atom. The molecule has 0 saturated carbocycles. The Bertz CT molecular complexity index is 1240. The molecule has 0 aliphatic heterocycles. The third-order valence-electron chi connectivity index (χ3n) is 5.56. The number of rotatable bonds is 9. The monoisotopic (exact) mass is 439 g/mol. The summed E-state index contributed by atoms with van der Waals surface area (Å²) in [5.74, 6) is 0.219. The van der Waals surface area contributed by atoms with Crippen LogP contribution in [0.25, 0.3) is 10.8 Å². The second kappa shape index (κ2) is 10.2. The van der Waals surface area contributed by atoms with Gasteiger partial charge < -0.3 is 15.2 Å². The van der Waals surface area contributed by atoms with E-state index in [2.05, 4.69) is 73.8 Å². The molecule has 0 aliphatic carbocycles. The highest BCUT2D eigenvalue weighted by Gasteiger charge is 2.11. The molecule has 4 rings (SSSR count). The van der Waals surface area contributed by atoms with E-state index >= 15 is 0 Å². The number of aliphatic carboxylic acids is 1. The summed E-state index contributed by atoms with van der Waals surface area (Å²) in [7, 11) is 0. The van der Waals surface area contributed by atoms with Crippen LogP contribution in [0, 0.1) is 5.92 Å². The zero-order chi connectivity index (χ0) is 23.2. The normalized spacial score (nSPS) is 11.0. The molecule has 33 heavy (non-hydrogen) atoms. The van der Waals surface area contributed by atoms with Crippen LogP contribution in [-0.2, 0) is 17.6 Å². The fraction of sp³-hybridized carbons (Fsp3) is 0.207. The van der Waals surface area contributed by atoms with Crippen molar-refractivity contribution in [2.45, 2.75) is 26.7 Å². The fourth-order valence-corrected chi connectivity index (χ4v) is 4.09. The van der Waals surface area contributed by atoms with Gasteiger partial charge in [0.1, 0.15) is 5.75 Å². The minimum atomic E-state index is -0.991. The number of nitrogens with one attached hydrogen (secondary N) is 1. The van der Waals surface area contributed by atoms with Gasteiger partial charge in [0.05, 0.1) is 0 Å². The van der Waals surface area contributed by atoms with E-state index in [-0.39, 0.29) is 6.61 Å². The molecule has 0 bridgehead atoms. The summed E-state index contributed by atoms with van der Waals surface area (Å²) in [6.07, 6.45) is 1.70. The van der Waals surface area contributed by atoms with Gasteiger partial charge in [-0.25, -0.2) is 4.79 Å². The van der Waals surface area contributed by atoms with Crippen molar-refractivity contribution in [3.8, 4) is 5.75 Å². The third kappa shape index (κ3) is 5.92. The molecule has 2 N–H and O–H groups in total. The number of anilines is 2. The van der Waals surface area contributed by atoms with Gasteiger partial charge in [0, 0.05) is 23.4 Å². The van der Waals surface area contributed by atoms with Crippen molar-refractivity contribution in [2.24, 2.45) is 5.92 Å². The van der Waals surface area contributed by atoms with E-state index in [1.54, 1.807) is 0 Å². The van der Waals surface area contributed by atoms with Gasteiger partial charge >= 0.3 is 5.97 Å². The van der Waals surface area contributed by atoms with Crippen LogP contribution in [-0.4, -0.2) is 17.7 Å². The Kier molecular flexibility index (Phi) is 6.94. The van der Waals surface area contributed by atoms with Crippen molar-refractivity contribution >= 4 is 28.1 Å². The van der Waals surface area contributed by atoms with Crippen molar-refractivity contribution in [2.75, 3.05) is 11.9 Å². The van der Waals surface area contributed by atoms with Crippen molar-refractivity contribution < 1.29 is 14.6 Å². The largest absolute Gasteiger partial charge is 0.482 e. The summed E-state index contributed by atoms with van der Waals surface area (Å²) in [6.45, 7) is 4.07. The van der Waals surface area contributed by atoms with Gasteiger partial charge in [-0.15, -0.1) is 0 Å². The molecule has 168 valence electrons. The van der Waals surface area contributed by atoms with E-state index in [9.17, 15) is 4.79 Å². The van der Waals surface area contributed by atoms with E-state index < -0.39 is 5.97 Å². The van der Waals surface area contributed by atoms with Crippen molar-refractivity contribution in [3.05, 3.63) is 102 Å². The standard InChI is InChI=1S/C29H29NO3/c1-20(2)16-21-10-12-25(13-11-21)30-26-14-15-28(33-19-29(31)32)24(18-26)17-23-8-5-7-22-6-3-4-9-27(22)23/h3-15,18,20,30H,16-17,19H2,1-2H3,(H,31,32). The van der Waals surface area contributed by atoms with E-state index in [1.807, 2.05) is 30.3 Å². The molecule has 0 atom stereocenters. The van der Waals surface area contributed by atoms with Crippen LogP contribution >= 0.6 is 0 Å². The Hall–Kier alpha value is -3.79. The van der Waals surface area contributed by atoms with Crippen LogP contribution in [0.15, 0.2) is 84.9 Å². The maximum Gasteiger partial charge on any atom is 0.341 e. The lowest BCUT2D eigenvalue weighted by Crippen LogP contribution is -2.11. The average molecular weight is 440 g/mol. The summed E-state index contributed by atoms with van der Waals surface area (Å²) in [5, 5.41) is 14.9. The van der Waals surface area contributed by atoms with E-state index in [0.717, 1.165) is 23.4 Å². The predicted molar refractivity (Wildman–Crippen MR) is 135 cm³/mol. The molecule has 0 heterocycles. The highest BCUT2D eigenvalue weighted by molar-refractivity contribution is 5.86. The number of ether oxygens (including phenoxy) is 1. The van der Waals surface area contributed by atoms with Crippen molar-refractivity contribution in [1.82, 2.24) is 0 Å². The van der Waals surface area contributed by atoms with Crippen molar-refractivity contribution in [1.29, 1.82) is 0 Å². The first kappa shape index (κ1) is 22.4. The second-order valence-electron chi connectivity index (χ2n) is 8.74. The summed E-state index contributed by atoms with van der Waals surface area (Å²) in [5.41, 5.74) is 5.38. The van der Waals surface area contributed by atoms with Gasteiger partial charge in [-0.05, 0) is 64.6 Å². The number of hydrogen-bond donors (Lipinski definition) is 2. The van der Waals surface area contributed by atoms with Crippen LogP contribution in [0.1, 0.15) is 30.5 Å². The third-order valence-corrected chi connectivity index (χ3v) is 5.56. The summed E-state index contributed by atoms with van der Waals surface area (Å²) in [6, 6.07) is 28.9. The molecule has 0 saturated heterocycles. The van der Waals surface area contributed by atoms with Gasteiger partial charge in [-0.3, -0.25) is 0 Å². The quantitative estimate of drug-likeness (QED) is 0.300. The predicted octanol–water partition coefficient (Wildman–Crippen LogP) is 6.84. The van der Waals surface area contributed by atoms with E-state index in [1.165, 1.54) is 21.9 Å². The first-order valence-corrected chi connectivity index (χ1v) is 11.3. The Balaban J connectivity index is 1.62. The minimum absolute atomic E-state index is 0.368. The molecular formula is C29H29NO3. The lowest BCUT2D eigenvalue weighted by Gasteiger charge is -2.15.